The summed E-state index contributed by atoms with van der Waals surface area (Å²) in [4.78, 5) is 13.6. The first kappa shape index (κ1) is 14.5. The van der Waals surface area contributed by atoms with Gasteiger partial charge in [0.2, 0.25) is 0 Å². The van der Waals surface area contributed by atoms with Gasteiger partial charge in [0.15, 0.2) is 0 Å². The molecule has 106 valence electrons. The fourth-order valence-electron chi connectivity index (χ4n) is 1.84. The second-order valence-electron chi connectivity index (χ2n) is 5.23. The van der Waals surface area contributed by atoms with Gasteiger partial charge in [0.1, 0.15) is 9.88 Å². The summed E-state index contributed by atoms with van der Waals surface area (Å²) < 4.78 is 0. The first-order chi connectivity index (χ1) is 9.00. The Kier molecular flexibility index (Phi) is 4.30. The number of thioether (sulfide) groups is 1. The van der Waals surface area contributed by atoms with Crippen LogP contribution < -0.4 is 16.4 Å². The Balaban J connectivity index is 2.17. The number of nitrogen functional groups attached to an aromatic ring is 1. The van der Waals surface area contributed by atoms with E-state index in [1.807, 2.05) is 13.2 Å². The van der Waals surface area contributed by atoms with Gasteiger partial charge in [-0.1, -0.05) is 6.92 Å². The molecule has 6 heteroatoms. The van der Waals surface area contributed by atoms with E-state index < -0.39 is 0 Å². The summed E-state index contributed by atoms with van der Waals surface area (Å²) >= 11 is 3.05. The van der Waals surface area contributed by atoms with Crippen LogP contribution in [0.2, 0.25) is 0 Å². The van der Waals surface area contributed by atoms with Crippen molar-refractivity contribution in [2.45, 2.75) is 31.6 Å². The standard InChI is InChI=1S/C13H21N3OS2/c1-4-15-11(17)9-8(14)10(18-3)12(19-9)16-7-13(2)5-6-13/h16H,4-7,14H2,1-3H3,(H,15,17). The molecular weight excluding hydrogens is 278 g/mol. The van der Waals surface area contributed by atoms with Crippen molar-refractivity contribution in [2.75, 3.05) is 30.4 Å². The van der Waals surface area contributed by atoms with E-state index in [0.29, 0.717) is 22.5 Å². The number of rotatable bonds is 6. The third-order valence-corrected chi connectivity index (χ3v) is 5.55. The summed E-state index contributed by atoms with van der Waals surface area (Å²) in [6, 6.07) is 0. The van der Waals surface area contributed by atoms with Crippen molar-refractivity contribution in [1.29, 1.82) is 0 Å². The van der Waals surface area contributed by atoms with Crippen molar-refractivity contribution in [3.63, 3.8) is 0 Å². The SMILES string of the molecule is CCNC(=O)c1sc(NCC2(C)CC2)c(SC)c1N. The minimum atomic E-state index is -0.0778. The molecule has 1 fully saturated rings. The van der Waals surface area contributed by atoms with Crippen LogP contribution in [-0.4, -0.2) is 25.3 Å². The molecule has 4 N–H and O–H groups in total. The number of thiophene rings is 1. The van der Waals surface area contributed by atoms with Crippen LogP contribution >= 0.6 is 23.1 Å². The third kappa shape index (κ3) is 3.17. The van der Waals surface area contributed by atoms with Crippen LogP contribution in [0, 0.1) is 5.41 Å². The summed E-state index contributed by atoms with van der Waals surface area (Å²) in [5.41, 5.74) is 7.12. The van der Waals surface area contributed by atoms with E-state index in [-0.39, 0.29) is 5.91 Å². The van der Waals surface area contributed by atoms with Crippen molar-refractivity contribution >= 4 is 39.7 Å². The number of anilines is 2. The van der Waals surface area contributed by atoms with Crippen molar-refractivity contribution in [2.24, 2.45) is 5.41 Å². The molecule has 0 aliphatic heterocycles. The van der Waals surface area contributed by atoms with Gasteiger partial charge in [0.25, 0.3) is 5.91 Å². The molecular formula is C13H21N3OS2. The Morgan fingerprint density at radius 3 is 2.74 bits per heavy atom. The van der Waals surface area contributed by atoms with E-state index in [9.17, 15) is 4.79 Å². The van der Waals surface area contributed by atoms with Crippen LogP contribution in [0.15, 0.2) is 4.90 Å². The lowest BCUT2D eigenvalue weighted by molar-refractivity contribution is 0.0960. The number of hydrogen-bond donors (Lipinski definition) is 3. The molecule has 0 bridgehead atoms. The largest absolute Gasteiger partial charge is 0.396 e. The monoisotopic (exact) mass is 299 g/mol. The van der Waals surface area contributed by atoms with E-state index >= 15 is 0 Å². The van der Waals surface area contributed by atoms with Gasteiger partial charge in [-0.05, 0) is 31.4 Å². The fraction of sp³-hybridized carbons (Fsp3) is 0.615. The molecule has 2 rings (SSSR count). The van der Waals surface area contributed by atoms with Gasteiger partial charge in [0, 0.05) is 13.1 Å². The second kappa shape index (κ2) is 5.63. The molecule has 1 heterocycles. The Morgan fingerprint density at radius 2 is 2.21 bits per heavy atom. The number of amides is 1. The number of nitrogens with one attached hydrogen (secondary N) is 2. The molecule has 0 atom stereocenters. The van der Waals surface area contributed by atoms with Crippen molar-refractivity contribution < 1.29 is 4.79 Å². The van der Waals surface area contributed by atoms with Gasteiger partial charge in [0.05, 0.1) is 10.6 Å². The average Bonchev–Trinajstić information content (AvgIpc) is 3.01. The molecule has 1 saturated carbocycles. The normalized spacial score (nSPS) is 16.2. The highest BCUT2D eigenvalue weighted by molar-refractivity contribution is 7.99. The molecule has 0 unspecified atom stereocenters. The Hall–Kier alpha value is -0.880. The van der Waals surface area contributed by atoms with Gasteiger partial charge in [-0.2, -0.15) is 0 Å². The minimum Gasteiger partial charge on any atom is -0.396 e. The number of carbonyl (C=O) groups is 1. The number of carbonyl (C=O) groups excluding carboxylic acids is 1. The predicted octanol–water partition coefficient (Wildman–Crippen LogP) is 3.01. The van der Waals surface area contributed by atoms with Crippen molar-refractivity contribution in [3.8, 4) is 0 Å². The van der Waals surface area contributed by atoms with Gasteiger partial charge >= 0.3 is 0 Å². The van der Waals surface area contributed by atoms with Gasteiger partial charge in [-0.25, -0.2) is 0 Å². The van der Waals surface area contributed by atoms with Crippen LogP contribution in [0.4, 0.5) is 10.7 Å². The molecule has 0 radical (unpaired) electrons. The highest BCUT2D eigenvalue weighted by atomic mass is 32.2. The van der Waals surface area contributed by atoms with Crippen LogP contribution in [0.25, 0.3) is 0 Å². The fourth-order valence-corrected chi connectivity index (χ4v) is 3.79. The lowest BCUT2D eigenvalue weighted by Gasteiger charge is -2.10. The van der Waals surface area contributed by atoms with Crippen LogP contribution in [0.3, 0.4) is 0 Å². The molecule has 1 amide bonds. The summed E-state index contributed by atoms with van der Waals surface area (Å²) in [6.07, 6.45) is 4.54. The maximum absolute atomic E-state index is 11.9. The second-order valence-corrected chi connectivity index (χ2v) is 7.07. The first-order valence-corrected chi connectivity index (χ1v) is 8.53. The summed E-state index contributed by atoms with van der Waals surface area (Å²) in [6.45, 7) is 5.76. The quantitative estimate of drug-likeness (QED) is 0.706. The van der Waals surface area contributed by atoms with Gasteiger partial charge in [-0.3, -0.25) is 4.79 Å². The van der Waals surface area contributed by atoms with E-state index in [2.05, 4.69) is 17.6 Å². The number of hydrogen-bond acceptors (Lipinski definition) is 5. The van der Waals surface area contributed by atoms with E-state index in [1.165, 1.54) is 24.2 Å². The van der Waals surface area contributed by atoms with E-state index in [1.54, 1.807) is 11.8 Å². The smallest absolute Gasteiger partial charge is 0.263 e. The van der Waals surface area contributed by atoms with Gasteiger partial charge in [-0.15, -0.1) is 23.1 Å². The Labute approximate surface area is 122 Å². The molecule has 4 nitrogen and oxygen atoms in total. The lowest BCUT2D eigenvalue weighted by Crippen LogP contribution is -2.22. The maximum Gasteiger partial charge on any atom is 0.263 e. The van der Waals surface area contributed by atoms with Gasteiger partial charge < -0.3 is 16.4 Å². The maximum atomic E-state index is 11.9. The molecule has 0 aromatic carbocycles. The zero-order valence-corrected chi connectivity index (χ0v) is 13.3. The lowest BCUT2D eigenvalue weighted by atomic mass is 10.1. The predicted molar refractivity (Wildman–Crippen MR) is 84.4 cm³/mol. The molecule has 1 aromatic heterocycles. The van der Waals surface area contributed by atoms with E-state index in [4.69, 9.17) is 5.73 Å². The van der Waals surface area contributed by atoms with Crippen LogP contribution in [0.1, 0.15) is 36.4 Å². The molecule has 1 aliphatic rings. The first-order valence-electron chi connectivity index (χ1n) is 6.49. The zero-order valence-electron chi connectivity index (χ0n) is 11.6. The van der Waals surface area contributed by atoms with E-state index in [0.717, 1.165) is 16.4 Å². The molecule has 0 spiro atoms. The third-order valence-electron chi connectivity index (χ3n) is 3.43. The van der Waals surface area contributed by atoms with Crippen molar-refractivity contribution in [3.05, 3.63) is 4.88 Å². The Bertz CT molecular complexity index is 480. The topological polar surface area (TPSA) is 67.2 Å². The molecule has 1 aromatic rings. The average molecular weight is 299 g/mol. The minimum absolute atomic E-state index is 0.0778. The highest BCUT2D eigenvalue weighted by Crippen LogP contribution is 2.47. The number of nitrogens with two attached hydrogens (primary N) is 1. The van der Waals surface area contributed by atoms with Crippen LogP contribution in [-0.2, 0) is 0 Å². The zero-order chi connectivity index (χ0) is 14.0. The molecule has 1 aliphatic carbocycles. The van der Waals surface area contributed by atoms with Crippen LogP contribution in [0.5, 0.6) is 0 Å². The highest BCUT2D eigenvalue weighted by Gasteiger charge is 2.37. The molecule has 19 heavy (non-hydrogen) atoms. The summed E-state index contributed by atoms with van der Waals surface area (Å²) in [5, 5.41) is 7.30. The molecule has 0 saturated heterocycles. The summed E-state index contributed by atoms with van der Waals surface area (Å²) in [5.74, 6) is -0.0778. The summed E-state index contributed by atoms with van der Waals surface area (Å²) in [7, 11) is 0. The Morgan fingerprint density at radius 1 is 1.53 bits per heavy atom. The van der Waals surface area contributed by atoms with Crippen molar-refractivity contribution in [1.82, 2.24) is 5.32 Å².